The van der Waals surface area contributed by atoms with E-state index < -0.39 is 12.3 Å². The maximum absolute atomic E-state index is 11.4. The third-order valence-corrected chi connectivity index (χ3v) is 6.25. The van der Waals surface area contributed by atoms with Crippen LogP contribution in [-0.4, -0.2) is 58.5 Å². The fourth-order valence-corrected chi connectivity index (χ4v) is 3.76. The molecule has 0 unspecified atom stereocenters. The van der Waals surface area contributed by atoms with Crippen LogP contribution in [0.15, 0.2) is 37.4 Å². The predicted octanol–water partition coefficient (Wildman–Crippen LogP) is -1.99. The van der Waals surface area contributed by atoms with Gasteiger partial charge in [0, 0.05) is 23.5 Å². The Morgan fingerprint density at radius 1 is 0.605 bits per heavy atom. The minimum atomic E-state index is -0.598. The molecule has 0 aromatic carbocycles. The van der Waals surface area contributed by atoms with Gasteiger partial charge < -0.3 is 52.9 Å². The predicted molar refractivity (Wildman–Crippen MR) is 139 cm³/mol. The smallest absolute Gasteiger partial charge is 0.508 e. The second-order valence-corrected chi connectivity index (χ2v) is 9.76. The van der Waals surface area contributed by atoms with Crippen LogP contribution >= 0.6 is 31.9 Å². The van der Waals surface area contributed by atoms with Crippen LogP contribution < -0.4 is 43.1 Å². The first-order chi connectivity index (χ1) is 17.6. The van der Waals surface area contributed by atoms with Crippen LogP contribution in [0.5, 0.6) is 0 Å². The normalized spacial score (nSPS) is 10.3. The number of carbonyl (C=O) groups is 2. The summed E-state index contributed by atoms with van der Waals surface area (Å²) < 4.78 is 28.6. The van der Waals surface area contributed by atoms with Crippen LogP contribution in [0.2, 0.25) is 0 Å². The minimum absolute atomic E-state index is 0. The molecule has 0 atom stereocenters. The lowest BCUT2D eigenvalue weighted by Gasteiger charge is -2.04. The molecule has 0 saturated carbocycles. The molecule has 218 valence electrons. The van der Waals surface area contributed by atoms with E-state index in [4.69, 9.17) is 18.9 Å². The van der Waals surface area contributed by atoms with Gasteiger partial charge >= 0.3 is 12.3 Å². The van der Waals surface area contributed by atoms with Gasteiger partial charge in [0.2, 0.25) is 12.7 Å². The molecule has 0 N–H and O–H groups in total. The number of hydrogen-bond acceptors (Lipinski definition) is 6. The summed E-state index contributed by atoms with van der Waals surface area (Å²) in [6, 6.07) is 0. The summed E-state index contributed by atoms with van der Waals surface area (Å²) in [5, 5.41) is 1.60. The quantitative estimate of drug-likeness (QED) is 0.0709. The van der Waals surface area contributed by atoms with Gasteiger partial charge in [0.1, 0.15) is 24.8 Å². The summed E-state index contributed by atoms with van der Waals surface area (Å²) in [4.78, 5) is 22.8. The molecule has 10 nitrogen and oxygen atoms in total. The molecule has 0 radical (unpaired) electrons. The molecule has 14 heteroatoms. The Bertz CT molecular complexity index is 813. The van der Waals surface area contributed by atoms with Crippen LogP contribution in [0, 0.1) is 0 Å². The van der Waals surface area contributed by atoms with Gasteiger partial charge in [-0.3, -0.25) is 0 Å². The van der Waals surface area contributed by atoms with Crippen molar-refractivity contribution in [1.82, 2.24) is 9.13 Å². The lowest BCUT2D eigenvalue weighted by Crippen LogP contribution is -3.00. The molecule has 2 aromatic rings. The molecular formula is C24H38Br4N4O6. The van der Waals surface area contributed by atoms with Gasteiger partial charge in [-0.05, 0) is 25.7 Å². The Morgan fingerprint density at radius 3 is 1.34 bits per heavy atom. The van der Waals surface area contributed by atoms with E-state index in [1.54, 1.807) is 0 Å². The largest absolute Gasteiger partial charge is 1.00 e. The number of hydrogen-bond donors (Lipinski definition) is 0. The summed E-state index contributed by atoms with van der Waals surface area (Å²) in [6.07, 6.45) is 16.4. The van der Waals surface area contributed by atoms with Crippen molar-refractivity contribution in [3.63, 3.8) is 0 Å². The van der Waals surface area contributed by atoms with Crippen molar-refractivity contribution in [3.8, 4) is 0 Å². The zero-order chi connectivity index (χ0) is 25.8. The van der Waals surface area contributed by atoms with Gasteiger partial charge in [-0.25, -0.2) is 27.9 Å². The molecule has 0 aliphatic carbocycles. The van der Waals surface area contributed by atoms with Crippen molar-refractivity contribution in [3.05, 3.63) is 37.4 Å². The zero-order valence-electron chi connectivity index (χ0n) is 21.5. The highest BCUT2D eigenvalue weighted by molar-refractivity contribution is 9.09. The van der Waals surface area contributed by atoms with E-state index in [1.165, 1.54) is 0 Å². The fourth-order valence-electron chi connectivity index (χ4n) is 3.30. The third-order valence-electron chi connectivity index (χ3n) is 5.13. The summed E-state index contributed by atoms with van der Waals surface area (Å²) >= 11 is 6.57. The molecule has 2 heterocycles. The number of rotatable bonds is 19. The van der Waals surface area contributed by atoms with Gasteiger partial charge in [-0.2, -0.15) is 0 Å². The average molecular weight is 798 g/mol. The standard InChI is InChI=1S/C24H38Br2N4O6.2BrH/c25-7-3-17-33-23(31)35-19-5-11-29-15-13-27(21-29)9-1-2-10-28-14-16-30(22-28)12-6-20-36-24(32)34-18-4-8-26;;/h13-16,21-22H,1-12,17-20H2;2*1H/q+2;;/p-2. The molecular weight excluding hydrogens is 760 g/mol. The number of ether oxygens (including phenoxy) is 4. The molecule has 2 rings (SSSR count). The first-order valence-corrected chi connectivity index (χ1v) is 14.7. The number of nitrogens with zero attached hydrogens (tertiary/aromatic N) is 4. The Morgan fingerprint density at radius 2 is 0.974 bits per heavy atom. The number of alkyl halides is 2. The second-order valence-electron chi connectivity index (χ2n) is 8.17. The average Bonchev–Trinajstić information content (AvgIpc) is 3.52. The maximum atomic E-state index is 11.4. The van der Waals surface area contributed by atoms with Gasteiger partial charge in [0.05, 0.1) is 52.6 Å². The fraction of sp³-hybridized carbons (Fsp3) is 0.667. The Kier molecular flexibility index (Phi) is 23.0. The summed E-state index contributed by atoms with van der Waals surface area (Å²) in [6.45, 7) is 4.92. The lowest BCUT2D eigenvalue weighted by molar-refractivity contribution is -0.697. The number of unbranched alkanes of at least 4 members (excludes halogenated alkanes) is 1. The molecule has 0 spiro atoms. The Labute approximate surface area is 262 Å². The SMILES string of the molecule is O=C(OCCCBr)OCCC[n+]1ccn(CCCCn2cc[n+](CCCOC(=O)OCCCBr)c2)c1.[Br-].[Br-]. The molecule has 0 amide bonds. The molecule has 0 bridgehead atoms. The van der Waals surface area contributed by atoms with Crippen LogP contribution in [-0.2, 0) is 45.1 Å². The van der Waals surface area contributed by atoms with Gasteiger partial charge in [0.15, 0.2) is 0 Å². The number of halogens is 4. The topological polar surface area (TPSA) is 88.7 Å². The summed E-state index contributed by atoms with van der Waals surface area (Å²) in [5.74, 6) is 0. The lowest BCUT2D eigenvalue weighted by atomic mass is 10.3. The highest BCUT2D eigenvalue weighted by Gasteiger charge is 2.08. The molecule has 38 heavy (non-hydrogen) atoms. The molecule has 0 saturated heterocycles. The molecule has 0 aliphatic heterocycles. The van der Waals surface area contributed by atoms with Crippen molar-refractivity contribution in [1.29, 1.82) is 0 Å². The van der Waals surface area contributed by atoms with Crippen LogP contribution in [0.1, 0.15) is 38.5 Å². The summed E-state index contributed by atoms with van der Waals surface area (Å²) in [7, 11) is 0. The van der Waals surface area contributed by atoms with E-state index in [9.17, 15) is 9.59 Å². The van der Waals surface area contributed by atoms with Crippen molar-refractivity contribution in [2.24, 2.45) is 0 Å². The van der Waals surface area contributed by atoms with E-state index in [-0.39, 0.29) is 34.0 Å². The molecule has 2 aromatic heterocycles. The van der Waals surface area contributed by atoms with Crippen LogP contribution in [0.4, 0.5) is 9.59 Å². The third kappa shape index (κ3) is 17.5. The first-order valence-electron chi connectivity index (χ1n) is 12.4. The second kappa shape index (κ2) is 23.7. The maximum Gasteiger partial charge on any atom is 0.508 e. The van der Waals surface area contributed by atoms with Crippen LogP contribution in [0.3, 0.4) is 0 Å². The highest BCUT2D eigenvalue weighted by Crippen LogP contribution is 1.99. The molecule has 0 aliphatic rings. The van der Waals surface area contributed by atoms with Crippen LogP contribution in [0.25, 0.3) is 0 Å². The summed E-state index contributed by atoms with van der Waals surface area (Å²) in [5.41, 5.74) is 0. The van der Waals surface area contributed by atoms with Gasteiger partial charge in [-0.1, -0.05) is 31.9 Å². The van der Waals surface area contributed by atoms with Gasteiger partial charge in [0.25, 0.3) is 0 Å². The number of carbonyl (C=O) groups excluding carboxylic acids is 2. The first kappa shape index (κ1) is 36.9. The zero-order valence-corrected chi connectivity index (χ0v) is 27.9. The number of aromatic nitrogens is 4. The van der Waals surface area contributed by atoms with E-state index in [0.717, 1.165) is 75.4 Å². The Hall–Kier alpha value is -1.12. The van der Waals surface area contributed by atoms with E-state index in [1.807, 2.05) is 12.4 Å². The molecule has 0 fully saturated rings. The minimum Gasteiger partial charge on any atom is -1.00 e. The van der Waals surface area contributed by atoms with Crippen molar-refractivity contribution in [2.75, 3.05) is 37.1 Å². The van der Waals surface area contributed by atoms with Gasteiger partial charge in [-0.15, -0.1) is 0 Å². The highest BCUT2D eigenvalue weighted by atomic mass is 79.9. The monoisotopic (exact) mass is 794 g/mol. The van der Waals surface area contributed by atoms with Crippen molar-refractivity contribution in [2.45, 2.75) is 64.7 Å². The van der Waals surface area contributed by atoms with E-state index in [2.05, 4.69) is 75.2 Å². The Balaban J connectivity index is 0.00000684. The van der Waals surface area contributed by atoms with E-state index >= 15 is 0 Å². The number of imidazole rings is 2. The van der Waals surface area contributed by atoms with Crippen molar-refractivity contribution >= 4 is 44.2 Å². The van der Waals surface area contributed by atoms with Crippen molar-refractivity contribution < 1.29 is 71.6 Å². The van der Waals surface area contributed by atoms with E-state index in [0.29, 0.717) is 26.4 Å². The number of aryl methyl sites for hydroxylation is 4.